The van der Waals surface area contributed by atoms with Crippen molar-refractivity contribution >= 4 is 0 Å². The first kappa shape index (κ1) is 16.5. The summed E-state index contributed by atoms with van der Waals surface area (Å²) in [7, 11) is 1.75. The lowest BCUT2D eigenvalue weighted by Gasteiger charge is -2.37. The number of methoxy groups -OCH3 is 1. The van der Waals surface area contributed by atoms with Gasteiger partial charge in [-0.3, -0.25) is 0 Å². The largest absolute Gasteiger partial charge is 0.383 e. The maximum atomic E-state index is 6.05. The normalized spacial score (nSPS) is 17.8. The fourth-order valence-corrected chi connectivity index (χ4v) is 3.16. The molecule has 1 aliphatic carbocycles. The van der Waals surface area contributed by atoms with Crippen LogP contribution in [-0.2, 0) is 16.1 Å². The van der Waals surface area contributed by atoms with Gasteiger partial charge in [0.25, 0.3) is 0 Å². The molecule has 1 aromatic carbocycles. The lowest BCUT2D eigenvalue weighted by atomic mass is 9.74. The van der Waals surface area contributed by atoms with E-state index < -0.39 is 0 Å². The Hall–Kier alpha value is -0.900. The minimum absolute atomic E-state index is 0.320. The quantitative estimate of drug-likeness (QED) is 0.707. The summed E-state index contributed by atoms with van der Waals surface area (Å²) < 4.78 is 11.2. The van der Waals surface area contributed by atoms with Gasteiger partial charge in [-0.2, -0.15) is 0 Å². The van der Waals surface area contributed by atoms with Gasteiger partial charge in [-0.15, -0.1) is 0 Å². The lowest BCUT2D eigenvalue weighted by Crippen LogP contribution is -2.40. The minimum atomic E-state index is 0.320. The molecular formula is C18H29NO2. The van der Waals surface area contributed by atoms with Crippen molar-refractivity contribution in [2.75, 3.05) is 33.4 Å². The van der Waals surface area contributed by atoms with Crippen molar-refractivity contribution in [1.29, 1.82) is 0 Å². The third kappa shape index (κ3) is 5.77. The number of hydrogen-bond acceptors (Lipinski definition) is 3. The second-order valence-electron chi connectivity index (χ2n) is 6.21. The number of ether oxygens (including phenoxy) is 2. The molecule has 1 aromatic rings. The molecule has 0 aliphatic heterocycles. The molecular weight excluding hydrogens is 262 g/mol. The van der Waals surface area contributed by atoms with Gasteiger partial charge in [-0.05, 0) is 18.4 Å². The van der Waals surface area contributed by atoms with E-state index in [1.807, 2.05) is 6.07 Å². The number of benzene rings is 1. The summed E-state index contributed by atoms with van der Waals surface area (Å²) in [6.45, 7) is 4.34. The molecule has 0 radical (unpaired) electrons. The molecule has 3 heteroatoms. The van der Waals surface area contributed by atoms with Crippen LogP contribution in [0, 0.1) is 5.41 Å². The predicted octanol–water partition coefficient (Wildman–Crippen LogP) is 3.39. The lowest BCUT2D eigenvalue weighted by molar-refractivity contribution is 0.0108. The summed E-state index contributed by atoms with van der Waals surface area (Å²) in [5.41, 5.74) is 1.58. The molecule has 0 amide bonds. The summed E-state index contributed by atoms with van der Waals surface area (Å²) in [6, 6.07) is 10.4. The second kappa shape index (κ2) is 9.19. The third-order valence-electron chi connectivity index (χ3n) is 4.42. The highest BCUT2D eigenvalue weighted by Gasteiger charge is 2.31. The van der Waals surface area contributed by atoms with Crippen LogP contribution in [0.4, 0.5) is 0 Å². The van der Waals surface area contributed by atoms with Gasteiger partial charge < -0.3 is 14.8 Å². The van der Waals surface area contributed by atoms with Crippen LogP contribution < -0.4 is 5.32 Å². The fourth-order valence-electron chi connectivity index (χ4n) is 3.16. The molecule has 1 fully saturated rings. The Morgan fingerprint density at radius 2 is 1.86 bits per heavy atom. The maximum absolute atomic E-state index is 6.05. The van der Waals surface area contributed by atoms with Crippen molar-refractivity contribution in [2.45, 2.75) is 38.7 Å². The van der Waals surface area contributed by atoms with Gasteiger partial charge in [-0.1, -0.05) is 49.6 Å². The first-order chi connectivity index (χ1) is 10.3. The molecule has 0 saturated heterocycles. The van der Waals surface area contributed by atoms with Gasteiger partial charge in [0.1, 0.15) is 0 Å². The molecule has 2 rings (SSSR count). The van der Waals surface area contributed by atoms with Crippen molar-refractivity contribution in [3.63, 3.8) is 0 Å². The SMILES string of the molecule is COCCNCC1(COCc2ccccc2)CCCCC1. The molecule has 0 aromatic heterocycles. The van der Waals surface area contributed by atoms with E-state index in [-0.39, 0.29) is 0 Å². The summed E-state index contributed by atoms with van der Waals surface area (Å²) in [4.78, 5) is 0. The van der Waals surface area contributed by atoms with Crippen molar-refractivity contribution in [3.8, 4) is 0 Å². The number of rotatable bonds is 9. The van der Waals surface area contributed by atoms with Crippen LogP contribution in [-0.4, -0.2) is 33.4 Å². The van der Waals surface area contributed by atoms with Gasteiger partial charge in [0.15, 0.2) is 0 Å². The molecule has 118 valence electrons. The molecule has 0 bridgehead atoms. The van der Waals surface area contributed by atoms with Gasteiger partial charge in [0, 0.05) is 25.6 Å². The van der Waals surface area contributed by atoms with Crippen LogP contribution in [0.15, 0.2) is 30.3 Å². The highest BCUT2D eigenvalue weighted by Crippen LogP contribution is 2.36. The highest BCUT2D eigenvalue weighted by atomic mass is 16.5. The first-order valence-electron chi connectivity index (χ1n) is 8.16. The van der Waals surface area contributed by atoms with Gasteiger partial charge in [0.05, 0.1) is 19.8 Å². The number of hydrogen-bond donors (Lipinski definition) is 1. The minimum Gasteiger partial charge on any atom is -0.383 e. The summed E-state index contributed by atoms with van der Waals surface area (Å²) in [6.07, 6.45) is 6.60. The smallest absolute Gasteiger partial charge is 0.0717 e. The molecule has 0 spiro atoms. The van der Waals surface area contributed by atoms with Gasteiger partial charge >= 0.3 is 0 Å². The van der Waals surface area contributed by atoms with Crippen LogP contribution in [0.5, 0.6) is 0 Å². The summed E-state index contributed by atoms with van der Waals surface area (Å²) in [5.74, 6) is 0. The third-order valence-corrected chi connectivity index (χ3v) is 4.42. The Morgan fingerprint density at radius 1 is 1.10 bits per heavy atom. The average molecular weight is 291 g/mol. The Bertz CT molecular complexity index is 374. The van der Waals surface area contributed by atoms with Crippen molar-refractivity contribution in [1.82, 2.24) is 5.32 Å². The first-order valence-corrected chi connectivity index (χ1v) is 8.16. The number of nitrogens with one attached hydrogen (secondary N) is 1. The Labute approximate surface area is 129 Å². The van der Waals surface area contributed by atoms with Crippen molar-refractivity contribution < 1.29 is 9.47 Å². The Balaban J connectivity index is 1.78. The average Bonchev–Trinajstić information content (AvgIpc) is 2.54. The van der Waals surface area contributed by atoms with Crippen LogP contribution in [0.1, 0.15) is 37.7 Å². The van der Waals surface area contributed by atoms with Crippen molar-refractivity contribution in [3.05, 3.63) is 35.9 Å². The zero-order chi connectivity index (χ0) is 14.8. The highest BCUT2D eigenvalue weighted by molar-refractivity contribution is 5.13. The van der Waals surface area contributed by atoms with Crippen LogP contribution in [0.2, 0.25) is 0 Å². The predicted molar refractivity (Wildman–Crippen MR) is 86.4 cm³/mol. The second-order valence-corrected chi connectivity index (χ2v) is 6.21. The fraction of sp³-hybridized carbons (Fsp3) is 0.667. The summed E-state index contributed by atoms with van der Waals surface area (Å²) >= 11 is 0. The topological polar surface area (TPSA) is 30.5 Å². The molecule has 3 nitrogen and oxygen atoms in total. The molecule has 21 heavy (non-hydrogen) atoms. The molecule has 0 atom stereocenters. The van der Waals surface area contributed by atoms with Gasteiger partial charge in [0.2, 0.25) is 0 Å². The standard InChI is InChI=1S/C18H29NO2/c1-20-13-12-19-15-18(10-6-3-7-11-18)16-21-14-17-8-4-2-5-9-17/h2,4-5,8-9,19H,3,6-7,10-16H2,1H3. The van der Waals surface area contributed by atoms with E-state index in [0.29, 0.717) is 5.41 Å². The zero-order valence-electron chi connectivity index (χ0n) is 13.3. The molecule has 0 heterocycles. The Kier molecular flexibility index (Phi) is 7.20. The van der Waals surface area contributed by atoms with E-state index in [1.165, 1.54) is 37.7 Å². The zero-order valence-corrected chi connectivity index (χ0v) is 13.3. The van der Waals surface area contributed by atoms with E-state index in [1.54, 1.807) is 7.11 Å². The van der Waals surface area contributed by atoms with Gasteiger partial charge in [-0.25, -0.2) is 0 Å². The van der Waals surface area contributed by atoms with Crippen LogP contribution in [0.25, 0.3) is 0 Å². The van der Waals surface area contributed by atoms with E-state index in [2.05, 4.69) is 29.6 Å². The Morgan fingerprint density at radius 3 is 2.57 bits per heavy atom. The summed E-state index contributed by atoms with van der Waals surface area (Å²) in [5, 5.41) is 3.54. The molecule has 1 N–H and O–H groups in total. The maximum Gasteiger partial charge on any atom is 0.0717 e. The monoisotopic (exact) mass is 291 g/mol. The van der Waals surface area contributed by atoms with Crippen LogP contribution in [0.3, 0.4) is 0 Å². The van der Waals surface area contributed by atoms with E-state index in [0.717, 1.165) is 32.9 Å². The van der Waals surface area contributed by atoms with E-state index >= 15 is 0 Å². The van der Waals surface area contributed by atoms with Crippen molar-refractivity contribution in [2.24, 2.45) is 5.41 Å². The van der Waals surface area contributed by atoms with Crippen LogP contribution >= 0.6 is 0 Å². The van der Waals surface area contributed by atoms with E-state index in [4.69, 9.17) is 9.47 Å². The molecule has 1 saturated carbocycles. The molecule has 0 unspecified atom stereocenters. The van der Waals surface area contributed by atoms with E-state index in [9.17, 15) is 0 Å². The molecule has 1 aliphatic rings.